The van der Waals surface area contributed by atoms with Crippen molar-refractivity contribution in [2.75, 3.05) is 27.4 Å². The monoisotopic (exact) mass is 255 g/mol. The molecule has 0 aromatic rings. The van der Waals surface area contributed by atoms with E-state index in [0.29, 0.717) is 0 Å². The number of methoxy groups -OCH3 is 1. The predicted octanol–water partition coefficient (Wildman–Crippen LogP) is 0.967. The van der Waals surface area contributed by atoms with Gasteiger partial charge in [0.1, 0.15) is 0 Å². The van der Waals surface area contributed by atoms with E-state index >= 15 is 0 Å². The second-order valence-corrected chi connectivity index (χ2v) is 5.27. The van der Waals surface area contributed by atoms with Gasteiger partial charge in [0.25, 0.3) is 0 Å². The molecule has 0 aromatic heterocycles. The average molecular weight is 255 g/mol. The zero-order valence-electron chi connectivity index (χ0n) is 11.1. The molecule has 5 heteroatoms. The lowest BCUT2D eigenvalue weighted by atomic mass is 9.83. The fourth-order valence-electron chi connectivity index (χ4n) is 2.80. The summed E-state index contributed by atoms with van der Waals surface area (Å²) in [5.41, 5.74) is -1.08. The number of carbonyl (C=O) groups is 2. The van der Waals surface area contributed by atoms with Crippen LogP contribution in [0.15, 0.2) is 0 Å². The molecule has 0 N–H and O–H groups in total. The zero-order valence-corrected chi connectivity index (χ0v) is 11.1. The molecular formula is C13H21NO4. The van der Waals surface area contributed by atoms with Crippen LogP contribution in [0.1, 0.15) is 32.1 Å². The minimum atomic E-state index is -1.08. The summed E-state index contributed by atoms with van der Waals surface area (Å²) in [6.07, 6.45) is 5.61. The topological polar surface area (TPSA) is 55.8 Å². The van der Waals surface area contributed by atoms with Crippen molar-refractivity contribution in [3.05, 3.63) is 0 Å². The minimum absolute atomic E-state index is 0.146. The van der Waals surface area contributed by atoms with Crippen molar-refractivity contribution in [3.8, 4) is 0 Å². The van der Waals surface area contributed by atoms with Gasteiger partial charge in [0.15, 0.2) is 5.41 Å². The summed E-state index contributed by atoms with van der Waals surface area (Å²) in [4.78, 5) is 26.0. The maximum atomic E-state index is 12.5. The summed E-state index contributed by atoms with van der Waals surface area (Å²) < 4.78 is 9.82. The molecule has 0 radical (unpaired) electrons. The van der Waals surface area contributed by atoms with Crippen LogP contribution in [-0.4, -0.2) is 50.2 Å². The second-order valence-electron chi connectivity index (χ2n) is 5.27. The Morgan fingerprint density at radius 2 is 1.83 bits per heavy atom. The Morgan fingerprint density at radius 3 is 2.28 bits per heavy atom. The highest BCUT2D eigenvalue weighted by Crippen LogP contribution is 2.33. The van der Waals surface area contributed by atoms with Crippen LogP contribution >= 0.6 is 0 Å². The molecule has 2 fully saturated rings. The smallest absolute Gasteiger partial charge is 0.326 e. The highest BCUT2D eigenvalue weighted by atomic mass is 16.5. The van der Waals surface area contributed by atoms with Gasteiger partial charge in [0.2, 0.25) is 5.91 Å². The van der Waals surface area contributed by atoms with E-state index in [2.05, 4.69) is 0 Å². The number of ether oxygens (including phenoxy) is 2. The Morgan fingerprint density at radius 1 is 1.22 bits per heavy atom. The van der Waals surface area contributed by atoms with Gasteiger partial charge >= 0.3 is 5.97 Å². The molecule has 1 saturated heterocycles. The second kappa shape index (κ2) is 5.26. The summed E-state index contributed by atoms with van der Waals surface area (Å²) >= 11 is 0. The van der Waals surface area contributed by atoms with Gasteiger partial charge in [0, 0.05) is 13.1 Å². The number of hydrogen-bond acceptors (Lipinski definition) is 4. The third-order valence-electron chi connectivity index (χ3n) is 4.13. The summed E-state index contributed by atoms with van der Waals surface area (Å²) in [6, 6.07) is 0.258. The molecule has 1 saturated carbocycles. The number of hydrogen-bond donors (Lipinski definition) is 0. The normalized spacial score (nSPS) is 23.0. The zero-order chi connectivity index (χ0) is 13.2. The van der Waals surface area contributed by atoms with E-state index < -0.39 is 11.4 Å². The van der Waals surface area contributed by atoms with Gasteiger partial charge in [-0.2, -0.15) is 0 Å². The minimum Gasteiger partial charge on any atom is -0.468 e. The third kappa shape index (κ3) is 2.11. The van der Waals surface area contributed by atoms with Crippen molar-refractivity contribution in [2.24, 2.45) is 5.41 Å². The molecule has 0 bridgehead atoms. The lowest BCUT2D eigenvalue weighted by Gasteiger charge is -2.42. The van der Waals surface area contributed by atoms with Crippen LogP contribution in [0.2, 0.25) is 0 Å². The van der Waals surface area contributed by atoms with Gasteiger partial charge < -0.3 is 14.4 Å². The number of esters is 1. The van der Waals surface area contributed by atoms with Gasteiger partial charge in [-0.1, -0.05) is 19.3 Å². The van der Waals surface area contributed by atoms with Crippen LogP contribution in [0.3, 0.4) is 0 Å². The molecule has 5 nitrogen and oxygen atoms in total. The quantitative estimate of drug-likeness (QED) is 0.557. The van der Waals surface area contributed by atoms with Gasteiger partial charge in [-0.3, -0.25) is 9.59 Å². The van der Waals surface area contributed by atoms with Gasteiger partial charge in [0.05, 0.1) is 20.3 Å². The fourth-order valence-corrected chi connectivity index (χ4v) is 2.80. The van der Waals surface area contributed by atoms with Crippen molar-refractivity contribution in [1.29, 1.82) is 0 Å². The summed E-state index contributed by atoms with van der Waals surface area (Å²) in [7, 11) is 3.11. The molecule has 0 atom stereocenters. The van der Waals surface area contributed by atoms with Crippen molar-refractivity contribution >= 4 is 11.9 Å². The average Bonchev–Trinajstić information content (AvgIpc) is 2.37. The molecule has 0 unspecified atom stereocenters. The number of nitrogens with zero attached hydrogens (tertiary/aromatic N) is 1. The molecule has 1 amide bonds. The lowest BCUT2D eigenvalue weighted by molar-refractivity contribution is -0.194. The Labute approximate surface area is 107 Å². The lowest BCUT2D eigenvalue weighted by Crippen LogP contribution is -2.61. The molecule has 1 heterocycles. The predicted molar refractivity (Wildman–Crippen MR) is 64.9 cm³/mol. The first kappa shape index (κ1) is 13.3. The van der Waals surface area contributed by atoms with Crippen LogP contribution in [0.4, 0.5) is 0 Å². The molecule has 18 heavy (non-hydrogen) atoms. The molecule has 1 aliphatic carbocycles. The summed E-state index contributed by atoms with van der Waals surface area (Å²) in [5, 5.41) is 0. The maximum absolute atomic E-state index is 12.5. The Balaban J connectivity index is 2.06. The first-order chi connectivity index (χ1) is 8.62. The van der Waals surface area contributed by atoms with Crippen molar-refractivity contribution in [1.82, 2.24) is 4.90 Å². The highest BCUT2D eigenvalue weighted by molar-refractivity contribution is 6.03. The van der Waals surface area contributed by atoms with E-state index in [9.17, 15) is 9.59 Å². The van der Waals surface area contributed by atoms with Gasteiger partial charge in [-0.25, -0.2) is 0 Å². The Bertz CT molecular complexity index is 332. The van der Waals surface area contributed by atoms with Gasteiger partial charge in [-0.05, 0) is 12.8 Å². The molecular weight excluding hydrogens is 234 g/mol. The van der Waals surface area contributed by atoms with Crippen molar-refractivity contribution in [2.45, 2.75) is 38.1 Å². The van der Waals surface area contributed by atoms with E-state index in [-0.39, 0.29) is 25.2 Å². The molecule has 0 aromatic carbocycles. The molecule has 0 spiro atoms. The molecule has 1 aliphatic heterocycles. The van der Waals surface area contributed by atoms with Crippen LogP contribution in [0.25, 0.3) is 0 Å². The van der Waals surface area contributed by atoms with Crippen LogP contribution in [0.5, 0.6) is 0 Å². The summed E-state index contributed by atoms with van der Waals surface area (Å²) in [5.74, 6) is -0.617. The molecule has 2 aliphatic rings. The highest BCUT2D eigenvalue weighted by Gasteiger charge is 2.55. The molecule has 2 rings (SSSR count). The van der Waals surface area contributed by atoms with Gasteiger partial charge in [-0.15, -0.1) is 0 Å². The van der Waals surface area contributed by atoms with Crippen molar-refractivity contribution < 1.29 is 19.1 Å². The fraction of sp³-hybridized carbons (Fsp3) is 0.846. The molecule has 102 valence electrons. The number of carbonyl (C=O) groups excluding carboxylic acids is 2. The van der Waals surface area contributed by atoms with Crippen molar-refractivity contribution in [3.63, 3.8) is 0 Å². The van der Waals surface area contributed by atoms with Crippen LogP contribution in [-0.2, 0) is 19.1 Å². The SMILES string of the molecule is COC(=O)C1(C(=O)N(C)C2CCCCC2)COC1. The third-order valence-corrected chi connectivity index (χ3v) is 4.13. The van der Waals surface area contributed by atoms with E-state index in [1.165, 1.54) is 13.5 Å². The summed E-state index contributed by atoms with van der Waals surface area (Å²) in [6.45, 7) is 0.297. The van der Waals surface area contributed by atoms with E-state index in [0.717, 1.165) is 25.7 Å². The van der Waals surface area contributed by atoms with E-state index in [4.69, 9.17) is 9.47 Å². The largest absolute Gasteiger partial charge is 0.468 e. The van der Waals surface area contributed by atoms with Crippen LogP contribution < -0.4 is 0 Å². The first-order valence-electron chi connectivity index (χ1n) is 6.55. The first-order valence-corrected chi connectivity index (χ1v) is 6.55. The Hall–Kier alpha value is -1.10. The maximum Gasteiger partial charge on any atom is 0.326 e. The number of rotatable bonds is 3. The van der Waals surface area contributed by atoms with Crippen LogP contribution in [0, 0.1) is 5.41 Å². The van der Waals surface area contributed by atoms with E-state index in [1.54, 1.807) is 11.9 Å². The van der Waals surface area contributed by atoms with E-state index in [1.807, 2.05) is 0 Å². The standard InChI is InChI=1S/C13H21NO4/c1-14(10-6-4-3-5-7-10)11(15)13(8-18-9-13)12(16)17-2/h10H,3-9H2,1-2H3. The number of amides is 1. The Kier molecular flexibility index (Phi) is 3.90.